The third-order valence-electron chi connectivity index (χ3n) is 19.6. The summed E-state index contributed by atoms with van der Waals surface area (Å²) in [6.07, 6.45) is 20.4. The predicted octanol–water partition coefficient (Wildman–Crippen LogP) is 18.4. The molecule has 0 heterocycles. The van der Waals surface area contributed by atoms with Gasteiger partial charge in [-0.3, -0.25) is 33.0 Å². The van der Waals surface area contributed by atoms with E-state index in [1.165, 1.54) is 52.8 Å². The number of methoxy groups -OCH3 is 12. The van der Waals surface area contributed by atoms with Crippen LogP contribution in [0.1, 0.15) is 140 Å². The first-order valence-electron chi connectivity index (χ1n) is 45.1. The van der Waals surface area contributed by atoms with Gasteiger partial charge in [0.15, 0.2) is 0 Å². The van der Waals surface area contributed by atoms with Gasteiger partial charge in [0.25, 0.3) is 10.1 Å². The van der Waals surface area contributed by atoms with Gasteiger partial charge in [0.2, 0.25) is 0 Å². The Morgan fingerprint density at radius 3 is 1.18 bits per heavy atom. The van der Waals surface area contributed by atoms with Crippen molar-refractivity contribution in [1.29, 1.82) is 0 Å². The number of allylic oxidation sites excluding steroid dienone is 1. The molecule has 1 saturated carbocycles. The smallest absolute Gasteiger partial charge is 0.333 e. The Labute approximate surface area is 817 Å². The van der Waals surface area contributed by atoms with E-state index in [9.17, 15) is 51.9 Å². The standard InChI is InChI=1S/C17H22O3.C16H20O3.C14H20O6S.C13H18O4.C13H16O3.C12H16O2.C12H14O2.C7H6O.C6H12O3/c1-3-20-17(18)16-12-15(16)14(9-10-19-2)11-13-7-5-4-6-8-13;1-3-19-16(17)10-9-15(11-12-18-2)13-14-7-5-4-6-8-14;1-18-10-9-12(14(15)19-2)13(20-21(3,16)17)11-7-5-4-6-8-11;1-16-9-8-11(13(15)17-2)12(14)10-6-4-3-5-7-10;1-15-9-8-12(13(14)16-2)10-11-6-4-3-5-7-11;2*1-14-8-7-12(10-13)9-11-5-3-2-4-6-11;8-6-7-4-2-1-3-5-7;1-8-5-3-4-6(7)9-2/h4-8,11,15-16H,3,9-10,12H2,1-2H3;4-10,13H,3,11-12H2,1-2H3;4-8,12-13H,9-10H2,1-3H3;3-7,11-12,14H,8-9H2,1-2H3;3-7,10H,8-9H2,1-2H3;2-6,9,13H,7-8,10H2,1H3;2-6,9-10H,7-8H2,1H3;1-6H;3-5H2,1-2H3/b14-11+;10-9+,15-13-;;;12-10+;2*12-9+;;/t15-,16+;;;;;;;;/m0......../s1. The summed E-state index contributed by atoms with van der Waals surface area (Å²) < 4.78 is 96.4. The van der Waals surface area contributed by atoms with Crippen molar-refractivity contribution < 1.29 is 127 Å². The number of carbonyl (C=O) groups is 8. The summed E-state index contributed by atoms with van der Waals surface area (Å²) in [7, 11) is 14.5. The molecule has 1 fully saturated rings. The molecule has 28 heteroatoms. The quantitative estimate of drug-likeness (QED) is 0.00680. The van der Waals surface area contributed by atoms with E-state index in [2.05, 4.69) is 22.9 Å². The molecule has 0 amide bonds. The van der Waals surface area contributed by atoms with Crippen LogP contribution in [0.15, 0.2) is 283 Å². The number of esters is 6. The number of aliphatic hydroxyl groups excluding tert-OH is 2. The molecular weight excluding hydrogens is 1790 g/mol. The minimum Gasteiger partial charge on any atom is -0.469 e. The van der Waals surface area contributed by atoms with Gasteiger partial charge >= 0.3 is 35.8 Å². The van der Waals surface area contributed by atoms with Crippen LogP contribution in [0.2, 0.25) is 0 Å². The second kappa shape index (κ2) is 80.9. The molecule has 0 spiro atoms. The molecule has 0 saturated heterocycles. The predicted molar refractivity (Wildman–Crippen MR) is 539 cm³/mol. The zero-order chi connectivity index (χ0) is 102. The van der Waals surface area contributed by atoms with Crippen molar-refractivity contribution in [2.75, 3.05) is 164 Å². The highest BCUT2D eigenvalue weighted by Gasteiger charge is 2.46. The van der Waals surface area contributed by atoms with Crippen molar-refractivity contribution in [3.8, 4) is 0 Å². The highest BCUT2D eigenvalue weighted by atomic mass is 32.2. The molecule has 8 aromatic carbocycles. The van der Waals surface area contributed by atoms with Gasteiger partial charge in [0, 0.05) is 120 Å². The number of carbonyl (C=O) groups excluding carboxylic acids is 8. The van der Waals surface area contributed by atoms with E-state index in [0.717, 1.165) is 95.5 Å². The molecule has 0 bridgehead atoms. The number of rotatable bonds is 48. The number of aldehydes is 2. The van der Waals surface area contributed by atoms with Crippen LogP contribution in [0, 0.1) is 23.7 Å². The first-order chi connectivity index (χ1) is 66.8. The molecule has 138 heavy (non-hydrogen) atoms. The molecule has 4 unspecified atom stereocenters. The van der Waals surface area contributed by atoms with Crippen LogP contribution in [0.5, 0.6) is 0 Å². The van der Waals surface area contributed by atoms with Crippen molar-refractivity contribution in [2.45, 2.75) is 90.3 Å². The molecule has 9 rings (SSSR count). The van der Waals surface area contributed by atoms with E-state index < -0.39 is 46.1 Å². The Kier molecular flexibility index (Phi) is 72.6. The van der Waals surface area contributed by atoms with Gasteiger partial charge in [-0.25, -0.2) is 9.59 Å². The van der Waals surface area contributed by atoms with Gasteiger partial charge < -0.3 is 76.5 Å². The third-order valence-corrected chi connectivity index (χ3v) is 20.1. The van der Waals surface area contributed by atoms with Crippen molar-refractivity contribution >= 4 is 88.9 Å². The van der Waals surface area contributed by atoms with Gasteiger partial charge in [-0.05, 0) is 139 Å². The van der Waals surface area contributed by atoms with Gasteiger partial charge in [0.05, 0.1) is 98.2 Å². The first kappa shape index (κ1) is 124. The molecule has 8 aromatic rings. The van der Waals surface area contributed by atoms with Crippen LogP contribution < -0.4 is 0 Å². The van der Waals surface area contributed by atoms with Gasteiger partial charge in [-0.15, -0.1) is 0 Å². The molecule has 1 aliphatic rings. The zero-order valence-electron chi connectivity index (χ0n) is 82.6. The Morgan fingerprint density at radius 1 is 0.391 bits per heavy atom. The van der Waals surface area contributed by atoms with E-state index in [-0.39, 0.29) is 49.4 Å². The zero-order valence-corrected chi connectivity index (χ0v) is 83.4. The highest BCUT2D eigenvalue weighted by Crippen LogP contribution is 2.47. The number of hydrogen-bond acceptors (Lipinski definition) is 27. The summed E-state index contributed by atoms with van der Waals surface area (Å²) in [5.74, 6) is -2.82. The molecule has 0 aliphatic heterocycles. The maximum absolute atomic E-state index is 12.0. The third kappa shape index (κ3) is 59.8. The molecule has 2 N–H and O–H groups in total. The van der Waals surface area contributed by atoms with Crippen LogP contribution in [-0.2, 0) is 114 Å². The fraction of sp³-hybridized carbons (Fsp3) is 0.382. The number of ether oxygens (including phenoxy) is 14. The van der Waals surface area contributed by atoms with Gasteiger partial charge in [-0.1, -0.05) is 273 Å². The maximum Gasteiger partial charge on any atom is 0.333 e. The lowest BCUT2D eigenvalue weighted by molar-refractivity contribution is -0.151. The fourth-order valence-electron chi connectivity index (χ4n) is 12.4. The molecule has 1 aliphatic carbocycles. The summed E-state index contributed by atoms with van der Waals surface area (Å²) in [5, 5.41) is 19.2. The lowest BCUT2D eigenvalue weighted by Crippen LogP contribution is -2.28. The van der Waals surface area contributed by atoms with Crippen LogP contribution in [0.3, 0.4) is 0 Å². The lowest BCUT2D eigenvalue weighted by atomic mass is 9.93. The minimum atomic E-state index is -3.73. The second-order valence-electron chi connectivity index (χ2n) is 30.0. The van der Waals surface area contributed by atoms with Crippen LogP contribution in [0.4, 0.5) is 0 Å². The van der Waals surface area contributed by atoms with E-state index >= 15 is 0 Å². The topological polar surface area (TPSA) is 350 Å². The van der Waals surface area contributed by atoms with Crippen molar-refractivity contribution in [1.82, 2.24) is 0 Å². The summed E-state index contributed by atoms with van der Waals surface area (Å²) in [4.78, 5) is 89.2. The average Bonchev–Trinajstić information content (AvgIpc) is 1.64. The largest absolute Gasteiger partial charge is 0.469 e. The molecule has 752 valence electrons. The lowest BCUT2D eigenvalue weighted by Gasteiger charge is -2.24. The summed E-state index contributed by atoms with van der Waals surface area (Å²) in [6.45, 7) is 8.93. The Balaban J connectivity index is 0.000000785. The van der Waals surface area contributed by atoms with E-state index in [1.807, 2.05) is 207 Å². The summed E-state index contributed by atoms with van der Waals surface area (Å²) in [6, 6.07) is 76.5. The van der Waals surface area contributed by atoms with Crippen LogP contribution in [-0.4, -0.2) is 231 Å². The summed E-state index contributed by atoms with van der Waals surface area (Å²) >= 11 is 0. The molecule has 0 radical (unpaired) electrons. The Morgan fingerprint density at radius 2 is 0.775 bits per heavy atom. The number of benzene rings is 8. The fourth-order valence-corrected chi connectivity index (χ4v) is 13.0. The summed E-state index contributed by atoms with van der Waals surface area (Å²) in [5.41, 5.74) is 12.2. The van der Waals surface area contributed by atoms with Gasteiger partial charge in [-0.2, -0.15) is 8.42 Å². The Bertz CT molecular complexity index is 4840. The Hall–Kier alpha value is -12.1. The minimum absolute atomic E-state index is 0.0433. The SMILES string of the molecule is CCOC(=O)/C=C/C(=C/c1ccccc1)CCOC.CCOC(=O)[C@@H]1C[C@H]1/C(=C/c1ccccc1)CCOC.COCC/C(=C\c1ccccc1)C(=O)OC.COCC/C(=C\c1ccccc1)CO.COCC/C(C=O)=C\c1ccccc1.COCCC(C(=O)OC)C(O)c1ccccc1.COCCC(C(=O)OC)C(OS(C)(=O)=O)c1ccccc1.COCCCC(=O)OC.O=Cc1ccccc1. The number of aliphatic hydroxyl groups is 2. The molecule has 0 aromatic heterocycles. The average molecular weight is 1930 g/mol. The normalized spacial score (nSPS) is 13.4. The second-order valence-corrected chi connectivity index (χ2v) is 31.6. The maximum atomic E-state index is 12.0. The van der Waals surface area contributed by atoms with Crippen molar-refractivity contribution in [3.05, 3.63) is 327 Å². The molecule has 6 atom stereocenters. The van der Waals surface area contributed by atoms with Crippen LogP contribution >= 0.6 is 0 Å². The molecular formula is C110H144O27S. The monoisotopic (exact) mass is 1930 g/mol. The number of hydrogen-bond donors (Lipinski definition) is 2. The molecule has 27 nitrogen and oxygen atoms in total. The van der Waals surface area contributed by atoms with Crippen molar-refractivity contribution in [3.63, 3.8) is 0 Å². The van der Waals surface area contributed by atoms with E-state index in [4.69, 9.17) is 70.9 Å². The van der Waals surface area contributed by atoms with E-state index in [0.29, 0.717) is 108 Å². The first-order valence-corrected chi connectivity index (χ1v) is 46.9. The van der Waals surface area contributed by atoms with Crippen molar-refractivity contribution in [2.24, 2.45) is 23.7 Å². The highest BCUT2D eigenvalue weighted by molar-refractivity contribution is 7.86. The van der Waals surface area contributed by atoms with Gasteiger partial charge in [0.1, 0.15) is 18.7 Å². The van der Waals surface area contributed by atoms with E-state index in [1.54, 1.807) is 117 Å². The van der Waals surface area contributed by atoms with Crippen LogP contribution in [0.25, 0.3) is 30.4 Å².